The minimum Gasteiger partial charge on any atom is -0.292 e. The van der Waals surface area contributed by atoms with E-state index in [1.165, 1.54) is 5.56 Å². The summed E-state index contributed by atoms with van der Waals surface area (Å²) < 4.78 is 1.59. The van der Waals surface area contributed by atoms with Crippen LogP contribution in [0.25, 0.3) is 0 Å². The fraction of sp³-hybridized carbons (Fsp3) is 0.308. The van der Waals surface area contributed by atoms with Gasteiger partial charge in [0.15, 0.2) is 5.78 Å². The van der Waals surface area contributed by atoms with Gasteiger partial charge in [-0.1, -0.05) is 13.0 Å². The minimum absolute atomic E-state index is 0.0433. The summed E-state index contributed by atoms with van der Waals surface area (Å²) in [5.41, 5.74) is 2.60. The number of hydrogen-bond donors (Lipinski definition) is 0. The van der Waals surface area contributed by atoms with Crippen LogP contribution in [0.2, 0.25) is 0 Å². The lowest BCUT2D eigenvalue weighted by Gasteiger charge is -2.02. The summed E-state index contributed by atoms with van der Waals surface area (Å²) in [4.78, 5) is 16.2. The first-order valence-electron chi connectivity index (χ1n) is 5.65. The average Bonchev–Trinajstić information content (AvgIpc) is 2.76. The lowest BCUT2D eigenvalue weighted by atomic mass is 10.1. The molecular weight excluding hydrogens is 214 g/mol. The summed E-state index contributed by atoms with van der Waals surface area (Å²) in [5, 5.41) is 3.98. The molecule has 0 saturated carbocycles. The molecule has 0 N–H and O–H groups in total. The largest absolute Gasteiger partial charge is 0.292 e. The quantitative estimate of drug-likeness (QED) is 0.751. The first-order chi connectivity index (χ1) is 8.20. The van der Waals surface area contributed by atoms with Gasteiger partial charge in [0, 0.05) is 25.1 Å². The van der Waals surface area contributed by atoms with Gasteiger partial charge in [-0.2, -0.15) is 5.10 Å². The Morgan fingerprint density at radius 2 is 2.18 bits per heavy atom. The summed E-state index contributed by atoms with van der Waals surface area (Å²) in [6.45, 7) is 2.08. The van der Waals surface area contributed by atoms with Crippen LogP contribution in [0.1, 0.15) is 28.7 Å². The molecule has 0 radical (unpaired) electrons. The van der Waals surface area contributed by atoms with Gasteiger partial charge in [-0.25, -0.2) is 0 Å². The lowest BCUT2D eigenvalue weighted by Crippen LogP contribution is -2.10. The van der Waals surface area contributed by atoms with Crippen molar-refractivity contribution >= 4 is 5.78 Å². The lowest BCUT2D eigenvalue weighted by molar-refractivity contribution is 0.0983. The highest BCUT2D eigenvalue weighted by Crippen LogP contribution is 2.06. The van der Waals surface area contributed by atoms with Crippen molar-refractivity contribution in [3.05, 3.63) is 47.5 Å². The molecule has 88 valence electrons. The van der Waals surface area contributed by atoms with E-state index in [9.17, 15) is 4.79 Å². The fourth-order valence-electron chi connectivity index (χ4n) is 1.67. The fourth-order valence-corrected chi connectivity index (χ4v) is 1.67. The van der Waals surface area contributed by atoms with Crippen LogP contribution in [0.3, 0.4) is 0 Å². The van der Waals surface area contributed by atoms with Gasteiger partial charge in [0.2, 0.25) is 0 Å². The van der Waals surface area contributed by atoms with Crippen molar-refractivity contribution < 1.29 is 4.79 Å². The first-order valence-corrected chi connectivity index (χ1v) is 5.65. The van der Waals surface area contributed by atoms with E-state index in [4.69, 9.17) is 0 Å². The van der Waals surface area contributed by atoms with E-state index >= 15 is 0 Å². The number of nitrogens with zero attached hydrogens (tertiary/aromatic N) is 3. The topological polar surface area (TPSA) is 47.8 Å². The maximum absolute atomic E-state index is 11.9. The number of pyridine rings is 1. The van der Waals surface area contributed by atoms with Crippen LogP contribution in [0.5, 0.6) is 0 Å². The third kappa shape index (κ3) is 2.58. The molecule has 0 aromatic carbocycles. The molecule has 0 aliphatic heterocycles. The molecule has 2 aromatic rings. The molecule has 0 saturated heterocycles. The molecule has 0 unspecified atom stereocenters. The SMILES string of the molecule is CCc1ccc(CC(=O)c2ccnn2C)nc1. The molecule has 0 amide bonds. The van der Waals surface area contributed by atoms with E-state index in [1.54, 1.807) is 24.0 Å². The van der Waals surface area contributed by atoms with Gasteiger partial charge in [-0.05, 0) is 24.1 Å². The predicted molar refractivity (Wildman–Crippen MR) is 64.9 cm³/mol. The molecule has 0 bridgehead atoms. The molecule has 2 rings (SSSR count). The molecule has 4 heteroatoms. The Balaban J connectivity index is 2.10. The molecule has 2 aromatic heterocycles. The zero-order valence-corrected chi connectivity index (χ0v) is 10.1. The van der Waals surface area contributed by atoms with E-state index in [2.05, 4.69) is 17.0 Å². The summed E-state index contributed by atoms with van der Waals surface area (Å²) >= 11 is 0. The number of ketones is 1. The second-order valence-electron chi connectivity index (χ2n) is 3.95. The summed E-state index contributed by atoms with van der Waals surface area (Å²) in [5.74, 6) is 0.0433. The second kappa shape index (κ2) is 4.91. The van der Waals surface area contributed by atoms with Gasteiger partial charge >= 0.3 is 0 Å². The Morgan fingerprint density at radius 3 is 2.71 bits per heavy atom. The highest BCUT2D eigenvalue weighted by Gasteiger charge is 2.11. The average molecular weight is 229 g/mol. The molecule has 0 aliphatic rings. The van der Waals surface area contributed by atoms with Gasteiger partial charge in [0.25, 0.3) is 0 Å². The van der Waals surface area contributed by atoms with Gasteiger partial charge in [-0.15, -0.1) is 0 Å². The normalized spacial score (nSPS) is 10.5. The van der Waals surface area contributed by atoms with Crippen LogP contribution in [0, 0.1) is 0 Å². The van der Waals surface area contributed by atoms with Crippen molar-refractivity contribution in [2.45, 2.75) is 19.8 Å². The smallest absolute Gasteiger partial charge is 0.186 e. The monoisotopic (exact) mass is 229 g/mol. The Kier molecular flexibility index (Phi) is 3.32. The number of hydrogen-bond acceptors (Lipinski definition) is 3. The van der Waals surface area contributed by atoms with Crippen molar-refractivity contribution in [1.29, 1.82) is 0 Å². The van der Waals surface area contributed by atoms with Crippen LogP contribution in [-0.2, 0) is 19.9 Å². The van der Waals surface area contributed by atoms with Gasteiger partial charge in [-0.3, -0.25) is 14.5 Å². The highest BCUT2D eigenvalue weighted by molar-refractivity contribution is 5.95. The van der Waals surface area contributed by atoms with E-state index in [-0.39, 0.29) is 5.78 Å². The third-order valence-corrected chi connectivity index (χ3v) is 2.74. The standard InChI is InChI=1S/C13H15N3O/c1-3-10-4-5-11(14-9-10)8-13(17)12-6-7-15-16(12)2/h4-7,9H,3,8H2,1-2H3. The molecule has 0 spiro atoms. The molecule has 0 atom stereocenters. The Hall–Kier alpha value is -1.97. The summed E-state index contributed by atoms with van der Waals surface area (Å²) in [6, 6.07) is 5.65. The summed E-state index contributed by atoms with van der Waals surface area (Å²) in [7, 11) is 1.76. The second-order valence-corrected chi connectivity index (χ2v) is 3.95. The predicted octanol–water partition coefficient (Wildman–Crippen LogP) is 1.80. The Morgan fingerprint density at radius 1 is 1.35 bits per heavy atom. The van der Waals surface area contributed by atoms with Crippen molar-refractivity contribution in [3.8, 4) is 0 Å². The van der Waals surface area contributed by atoms with Crippen LogP contribution in [0.4, 0.5) is 0 Å². The zero-order chi connectivity index (χ0) is 12.3. The number of carbonyl (C=O) groups excluding carboxylic acids is 1. The van der Waals surface area contributed by atoms with Gasteiger partial charge in [0.1, 0.15) is 5.69 Å². The summed E-state index contributed by atoms with van der Waals surface area (Å²) in [6.07, 6.45) is 4.74. The zero-order valence-electron chi connectivity index (χ0n) is 10.1. The number of Topliss-reactive ketones (excluding diaryl/α,β-unsaturated/α-hetero) is 1. The minimum atomic E-state index is 0.0433. The highest BCUT2D eigenvalue weighted by atomic mass is 16.1. The van der Waals surface area contributed by atoms with Crippen molar-refractivity contribution in [1.82, 2.24) is 14.8 Å². The van der Waals surface area contributed by atoms with Crippen molar-refractivity contribution in [3.63, 3.8) is 0 Å². The Bertz CT molecular complexity index is 514. The van der Waals surface area contributed by atoms with Crippen molar-refractivity contribution in [2.75, 3.05) is 0 Å². The molecule has 0 fully saturated rings. The van der Waals surface area contributed by atoms with E-state index in [0.717, 1.165) is 12.1 Å². The molecule has 0 aliphatic carbocycles. The van der Waals surface area contributed by atoms with E-state index in [0.29, 0.717) is 12.1 Å². The van der Waals surface area contributed by atoms with Crippen LogP contribution >= 0.6 is 0 Å². The maximum atomic E-state index is 11.9. The van der Waals surface area contributed by atoms with E-state index < -0.39 is 0 Å². The molecular formula is C13H15N3O. The number of aryl methyl sites for hydroxylation is 2. The van der Waals surface area contributed by atoms with Crippen LogP contribution in [-0.4, -0.2) is 20.5 Å². The molecule has 4 nitrogen and oxygen atoms in total. The van der Waals surface area contributed by atoms with Gasteiger partial charge < -0.3 is 0 Å². The number of rotatable bonds is 4. The van der Waals surface area contributed by atoms with Crippen molar-refractivity contribution in [2.24, 2.45) is 7.05 Å². The first kappa shape index (κ1) is 11.5. The number of aromatic nitrogens is 3. The van der Waals surface area contributed by atoms with Crippen LogP contribution in [0.15, 0.2) is 30.6 Å². The maximum Gasteiger partial charge on any atom is 0.186 e. The van der Waals surface area contributed by atoms with E-state index in [1.807, 2.05) is 18.3 Å². The van der Waals surface area contributed by atoms with Gasteiger partial charge in [0.05, 0.1) is 6.42 Å². The number of carbonyl (C=O) groups is 1. The molecule has 2 heterocycles. The molecule has 17 heavy (non-hydrogen) atoms. The van der Waals surface area contributed by atoms with Crippen LogP contribution < -0.4 is 0 Å². The third-order valence-electron chi connectivity index (χ3n) is 2.74. The Labute approximate surface area is 100 Å².